The Labute approximate surface area is 171 Å². The van der Waals surface area contributed by atoms with E-state index in [-0.39, 0.29) is 11.8 Å². The van der Waals surface area contributed by atoms with Gasteiger partial charge in [0.05, 0.1) is 11.4 Å². The third kappa shape index (κ3) is 5.25. The summed E-state index contributed by atoms with van der Waals surface area (Å²) in [6, 6.07) is 15.6. The number of nitrogens with zero attached hydrogens (tertiary/aromatic N) is 1. The maximum absolute atomic E-state index is 12.4. The molecule has 5 nitrogen and oxygen atoms in total. The van der Waals surface area contributed by atoms with E-state index in [4.69, 9.17) is 0 Å². The molecular weight excluding hydrogens is 362 g/mol. The Kier molecular flexibility index (Phi) is 5.94. The Morgan fingerprint density at radius 1 is 0.931 bits per heavy atom. The Morgan fingerprint density at radius 3 is 2.38 bits per heavy atom. The zero-order chi connectivity index (χ0) is 20.1. The van der Waals surface area contributed by atoms with E-state index >= 15 is 0 Å². The average Bonchev–Trinajstić information content (AvgIpc) is 3.58. The van der Waals surface area contributed by atoms with Crippen molar-refractivity contribution in [3.05, 3.63) is 65.7 Å². The minimum Gasteiger partial charge on any atom is -0.370 e. The SMILES string of the molecule is O=C(/C=C/c1ccc(C(=O)NC2CC2)cc1)Nc1ccccc1N1CCCCC1. The van der Waals surface area contributed by atoms with Gasteiger partial charge in [-0.15, -0.1) is 0 Å². The van der Waals surface area contributed by atoms with Crippen LogP contribution in [0.1, 0.15) is 48.0 Å². The zero-order valence-corrected chi connectivity index (χ0v) is 16.6. The fourth-order valence-corrected chi connectivity index (χ4v) is 3.58. The van der Waals surface area contributed by atoms with Crippen molar-refractivity contribution in [2.75, 3.05) is 23.3 Å². The van der Waals surface area contributed by atoms with E-state index in [1.807, 2.05) is 30.3 Å². The highest BCUT2D eigenvalue weighted by molar-refractivity contribution is 6.04. The standard InChI is InChI=1S/C24H27N3O2/c28-23(26-21-6-2-3-7-22(21)27-16-4-1-5-17-27)15-10-18-8-11-19(12-9-18)24(29)25-20-13-14-20/h2-3,6-12,15,20H,1,4-5,13-14,16-17H2,(H,25,29)(H,26,28)/b15-10+. The molecule has 1 saturated heterocycles. The molecule has 0 aromatic heterocycles. The molecule has 2 amide bonds. The fraction of sp³-hybridized carbons (Fsp3) is 0.333. The van der Waals surface area contributed by atoms with E-state index in [0.717, 1.165) is 42.9 Å². The third-order valence-electron chi connectivity index (χ3n) is 5.37. The van der Waals surface area contributed by atoms with Crippen molar-refractivity contribution >= 4 is 29.3 Å². The van der Waals surface area contributed by atoms with Crippen LogP contribution in [0.25, 0.3) is 6.08 Å². The van der Waals surface area contributed by atoms with Crippen LogP contribution in [0.15, 0.2) is 54.6 Å². The lowest BCUT2D eigenvalue weighted by Crippen LogP contribution is -2.30. The van der Waals surface area contributed by atoms with Gasteiger partial charge in [0, 0.05) is 30.8 Å². The molecule has 0 radical (unpaired) electrons. The first-order valence-electron chi connectivity index (χ1n) is 10.4. The van der Waals surface area contributed by atoms with Gasteiger partial charge in [-0.2, -0.15) is 0 Å². The summed E-state index contributed by atoms with van der Waals surface area (Å²) >= 11 is 0. The van der Waals surface area contributed by atoms with Crippen molar-refractivity contribution in [1.82, 2.24) is 5.32 Å². The summed E-state index contributed by atoms with van der Waals surface area (Å²) in [4.78, 5) is 26.8. The summed E-state index contributed by atoms with van der Waals surface area (Å²) in [5.74, 6) is -0.194. The lowest BCUT2D eigenvalue weighted by atomic mass is 10.1. The lowest BCUT2D eigenvalue weighted by Gasteiger charge is -2.30. The molecule has 2 aromatic rings. The van der Waals surface area contributed by atoms with Crippen LogP contribution < -0.4 is 15.5 Å². The van der Waals surface area contributed by atoms with Crippen molar-refractivity contribution in [2.24, 2.45) is 0 Å². The van der Waals surface area contributed by atoms with Crippen LogP contribution >= 0.6 is 0 Å². The second kappa shape index (κ2) is 8.95. The monoisotopic (exact) mass is 389 g/mol. The highest BCUT2D eigenvalue weighted by Crippen LogP contribution is 2.28. The molecule has 1 heterocycles. The topological polar surface area (TPSA) is 61.4 Å². The van der Waals surface area contributed by atoms with Crippen molar-refractivity contribution < 1.29 is 9.59 Å². The number of benzene rings is 2. The van der Waals surface area contributed by atoms with Gasteiger partial charge in [0.15, 0.2) is 0 Å². The van der Waals surface area contributed by atoms with E-state index < -0.39 is 0 Å². The summed E-state index contributed by atoms with van der Waals surface area (Å²) in [5, 5.41) is 5.98. The molecule has 29 heavy (non-hydrogen) atoms. The molecule has 0 spiro atoms. The molecular formula is C24H27N3O2. The van der Waals surface area contributed by atoms with Crippen molar-refractivity contribution in [2.45, 2.75) is 38.1 Å². The van der Waals surface area contributed by atoms with Crippen LogP contribution in [-0.2, 0) is 4.79 Å². The number of piperidine rings is 1. The zero-order valence-electron chi connectivity index (χ0n) is 16.6. The number of carbonyl (C=O) groups excluding carboxylic acids is 2. The second-order valence-corrected chi connectivity index (χ2v) is 7.76. The highest BCUT2D eigenvalue weighted by atomic mass is 16.2. The minimum atomic E-state index is -0.162. The Balaban J connectivity index is 1.37. The number of para-hydroxylation sites is 2. The summed E-state index contributed by atoms with van der Waals surface area (Å²) in [7, 11) is 0. The molecule has 0 bridgehead atoms. The van der Waals surface area contributed by atoms with Gasteiger partial charge in [0.2, 0.25) is 5.91 Å². The number of hydrogen-bond acceptors (Lipinski definition) is 3. The largest absolute Gasteiger partial charge is 0.370 e. The minimum absolute atomic E-state index is 0.0323. The molecule has 2 aliphatic rings. The molecule has 0 unspecified atom stereocenters. The van der Waals surface area contributed by atoms with Crippen molar-refractivity contribution in [3.8, 4) is 0 Å². The second-order valence-electron chi connectivity index (χ2n) is 7.76. The van der Waals surface area contributed by atoms with Gasteiger partial charge in [-0.25, -0.2) is 0 Å². The van der Waals surface area contributed by atoms with Crippen LogP contribution in [0.2, 0.25) is 0 Å². The van der Waals surface area contributed by atoms with Gasteiger partial charge in [-0.3, -0.25) is 9.59 Å². The smallest absolute Gasteiger partial charge is 0.251 e. The van der Waals surface area contributed by atoms with Gasteiger partial charge in [-0.1, -0.05) is 24.3 Å². The number of anilines is 2. The van der Waals surface area contributed by atoms with Gasteiger partial charge in [-0.05, 0) is 68.0 Å². The molecule has 5 heteroatoms. The first-order chi connectivity index (χ1) is 14.2. The predicted octanol–water partition coefficient (Wildman–Crippen LogP) is 4.22. The van der Waals surface area contributed by atoms with Gasteiger partial charge in [0.1, 0.15) is 0 Å². The van der Waals surface area contributed by atoms with Crippen LogP contribution in [0, 0.1) is 0 Å². The van der Waals surface area contributed by atoms with E-state index in [1.165, 1.54) is 25.3 Å². The molecule has 2 aromatic carbocycles. The van der Waals surface area contributed by atoms with E-state index in [9.17, 15) is 9.59 Å². The summed E-state index contributed by atoms with van der Waals surface area (Å²) in [6.07, 6.45) is 9.10. The third-order valence-corrected chi connectivity index (χ3v) is 5.37. The Morgan fingerprint density at radius 2 is 1.66 bits per heavy atom. The lowest BCUT2D eigenvalue weighted by molar-refractivity contribution is -0.111. The van der Waals surface area contributed by atoms with Crippen molar-refractivity contribution in [3.63, 3.8) is 0 Å². The normalized spacial score (nSPS) is 16.6. The first kappa shape index (κ1) is 19.2. The molecule has 150 valence electrons. The molecule has 1 aliphatic carbocycles. The summed E-state index contributed by atoms with van der Waals surface area (Å²) in [6.45, 7) is 2.06. The first-order valence-corrected chi connectivity index (χ1v) is 10.4. The fourth-order valence-electron chi connectivity index (χ4n) is 3.58. The number of carbonyl (C=O) groups is 2. The molecule has 4 rings (SSSR count). The maximum atomic E-state index is 12.4. The highest BCUT2D eigenvalue weighted by Gasteiger charge is 2.23. The van der Waals surface area contributed by atoms with E-state index in [2.05, 4.69) is 21.6 Å². The summed E-state index contributed by atoms with van der Waals surface area (Å²) in [5.41, 5.74) is 3.46. The summed E-state index contributed by atoms with van der Waals surface area (Å²) < 4.78 is 0. The molecule has 2 fully saturated rings. The number of hydrogen-bond donors (Lipinski definition) is 2. The molecule has 1 aliphatic heterocycles. The van der Waals surface area contributed by atoms with Crippen LogP contribution in [0.3, 0.4) is 0 Å². The quantitative estimate of drug-likeness (QED) is 0.727. The van der Waals surface area contributed by atoms with Gasteiger partial charge >= 0.3 is 0 Å². The van der Waals surface area contributed by atoms with Gasteiger partial charge in [0.25, 0.3) is 5.91 Å². The number of rotatable bonds is 6. The Hall–Kier alpha value is -3.08. The predicted molar refractivity (Wildman–Crippen MR) is 117 cm³/mol. The maximum Gasteiger partial charge on any atom is 0.251 e. The van der Waals surface area contributed by atoms with Gasteiger partial charge < -0.3 is 15.5 Å². The number of amides is 2. The van der Waals surface area contributed by atoms with E-state index in [1.54, 1.807) is 18.2 Å². The van der Waals surface area contributed by atoms with Crippen molar-refractivity contribution in [1.29, 1.82) is 0 Å². The van der Waals surface area contributed by atoms with Crippen LogP contribution in [-0.4, -0.2) is 30.9 Å². The van der Waals surface area contributed by atoms with Crippen LogP contribution in [0.4, 0.5) is 11.4 Å². The Bertz CT molecular complexity index is 895. The molecule has 2 N–H and O–H groups in total. The molecule has 1 saturated carbocycles. The average molecular weight is 389 g/mol. The van der Waals surface area contributed by atoms with Crippen LogP contribution in [0.5, 0.6) is 0 Å². The number of nitrogens with one attached hydrogen (secondary N) is 2. The molecule has 0 atom stereocenters. The van der Waals surface area contributed by atoms with E-state index in [0.29, 0.717) is 11.6 Å².